The van der Waals surface area contributed by atoms with Crippen molar-refractivity contribution in [1.29, 1.82) is 0 Å². The number of nitrogens with zero attached hydrogens (tertiary/aromatic N) is 4. The molecule has 0 bridgehead atoms. The van der Waals surface area contributed by atoms with Crippen molar-refractivity contribution >= 4 is 11.6 Å². The summed E-state index contributed by atoms with van der Waals surface area (Å²) in [6.45, 7) is 5.72. The molecule has 150 valence electrons. The molecule has 4 aromatic rings. The molecular weight excluding hydrogens is 378 g/mol. The van der Waals surface area contributed by atoms with Gasteiger partial charge in [0.05, 0.1) is 5.69 Å². The van der Waals surface area contributed by atoms with E-state index in [4.69, 9.17) is 4.74 Å². The SMILES string of the molecule is Cc1cc(C)n(-c2cc(Oc3ccc(NC(=O)c4ccccc4)cc3)nc(C)n2)n1. The van der Waals surface area contributed by atoms with E-state index < -0.39 is 0 Å². The Hall–Kier alpha value is -4.00. The molecule has 0 unspecified atom stereocenters. The van der Waals surface area contributed by atoms with E-state index >= 15 is 0 Å². The Bertz CT molecular complexity index is 1180. The van der Waals surface area contributed by atoms with E-state index in [9.17, 15) is 4.79 Å². The Kier molecular flexibility index (Phi) is 5.26. The minimum atomic E-state index is -0.162. The van der Waals surface area contributed by atoms with Crippen LogP contribution in [0.4, 0.5) is 5.69 Å². The Balaban J connectivity index is 1.49. The Labute approximate surface area is 174 Å². The summed E-state index contributed by atoms with van der Waals surface area (Å²) in [7, 11) is 0. The van der Waals surface area contributed by atoms with Crippen LogP contribution >= 0.6 is 0 Å². The summed E-state index contributed by atoms with van der Waals surface area (Å²) in [5.41, 5.74) is 3.18. The summed E-state index contributed by atoms with van der Waals surface area (Å²) in [6.07, 6.45) is 0. The molecule has 0 aliphatic carbocycles. The summed E-state index contributed by atoms with van der Waals surface area (Å²) >= 11 is 0. The number of ether oxygens (including phenoxy) is 1. The lowest BCUT2D eigenvalue weighted by molar-refractivity contribution is 0.102. The molecule has 0 fully saturated rings. The molecule has 0 radical (unpaired) electrons. The summed E-state index contributed by atoms with van der Waals surface area (Å²) in [5.74, 6) is 2.10. The molecule has 0 saturated heterocycles. The van der Waals surface area contributed by atoms with Crippen molar-refractivity contribution in [3.05, 3.63) is 89.5 Å². The van der Waals surface area contributed by atoms with Crippen LogP contribution in [-0.4, -0.2) is 25.7 Å². The van der Waals surface area contributed by atoms with E-state index in [1.54, 1.807) is 47.1 Å². The van der Waals surface area contributed by atoms with Gasteiger partial charge in [0.15, 0.2) is 5.82 Å². The predicted molar refractivity (Wildman–Crippen MR) is 114 cm³/mol. The predicted octanol–water partition coefficient (Wildman–Crippen LogP) is 4.63. The van der Waals surface area contributed by atoms with Crippen molar-refractivity contribution in [3.63, 3.8) is 0 Å². The van der Waals surface area contributed by atoms with Gasteiger partial charge < -0.3 is 10.1 Å². The van der Waals surface area contributed by atoms with Gasteiger partial charge in [-0.1, -0.05) is 18.2 Å². The van der Waals surface area contributed by atoms with E-state index in [0.717, 1.165) is 11.4 Å². The van der Waals surface area contributed by atoms with E-state index in [0.29, 0.717) is 34.5 Å². The van der Waals surface area contributed by atoms with Gasteiger partial charge in [0.2, 0.25) is 5.88 Å². The third-order valence-electron chi connectivity index (χ3n) is 4.40. The molecule has 0 atom stereocenters. The van der Waals surface area contributed by atoms with Crippen molar-refractivity contribution in [2.75, 3.05) is 5.32 Å². The van der Waals surface area contributed by atoms with Crippen molar-refractivity contribution in [3.8, 4) is 17.4 Å². The van der Waals surface area contributed by atoms with E-state index in [-0.39, 0.29) is 5.91 Å². The number of carbonyl (C=O) groups is 1. The molecule has 2 heterocycles. The van der Waals surface area contributed by atoms with Crippen molar-refractivity contribution in [1.82, 2.24) is 19.7 Å². The van der Waals surface area contributed by atoms with Gasteiger partial charge in [-0.3, -0.25) is 4.79 Å². The van der Waals surface area contributed by atoms with Crippen molar-refractivity contribution in [2.45, 2.75) is 20.8 Å². The Morgan fingerprint density at radius 3 is 2.33 bits per heavy atom. The maximum absolute atomic E-state index is 12.3. The largest absolute Gasteiger partial charge is 0.439 e. The zero-order valence-electron chi connectivity index (χ0n) is 17.0. The quantitative estimate of drug-likeness (QED) is 0.529. The summed E-state index contributed by atoms with van der Waals surface area (Å²) in [6, 6.07) is 19.9. The highest BCUT2D eigenvalue weighted by molar-refractivity contribution is 6.04. The lowest BCUT2D eigenvalue weighted by atomic mass is 10.2. The van der Waals surface area contributed by atoms with Crippen LogP contribution in [0.15, 0.2) is 66.7 Å². The molecule has 0 aliphatic heterocycles. The standard InChI is InChI=1S/C23H21N5O2/c1-15-13-16(2)28(27-15)21-14-22(25-17(3)24-21)30-20-11-9-19(10-12-20)26-23(29)18-7-5-4-6-8-18/h4-14H,1-3H3,(H,26,29). The van der Waals surface area contributed by atoms with Crippen LogP contribution in [0.2, 0.25) is 0 Å². The summed E-state index contributed by atoms with van der Waals surface area (Å²) in [5, 5.41) is 7.33. The van der Waals surface area contributed by atoms with E-state index in [1.165, 1.54) is 0 Å². The van der Waals surface area contributed by atoms with Crippen LogP contribution in [0.5, 0.6) is 11.6 Å². The average molecular weight is 399 g/mol. The van der Waals surface area contributed by atoms with Crippen LogP contribution in [0, 0.1) is 20.8 Å². The van der Waals surface area contributed by atoms with Gasteiger partial charge >= 0.3 is 0 Å². The van der Waals surface area contributed by atoms with Crippen LogP contribution in [-0.2, 0) is 0 Å². The fourth-order valence-corrected chi connectivity index (χ4v) is 3.07. The molecule has 1 amide bonds. The first-order valence-electron chi connectivity index (χ1n) is 9.51. The molecule has 7 nitrogen and oxygen atoms in total. The minimum Gasteiger partial charge on any atom is -0.439 e. The Morgan fingerprint density at radius 2 is 1.67 bits per heavy atom. The monoisotopic (exact) mass is 399 g/mol. The first kappa shape index (κ1) is 19.3. The maximum Gasteiger partial charge on any atom is 0.255 e. The van der Waals surface area contributed by atoms with Crippen molar-refractivity contribution in [2.24, 2.45) is 0 Å². The van der Waals surface area contributed by atoms with E-state index in [1.807, 2.05) is 45.0 Å². The van der Waals surface area contributed by atoms with Gasteiger partial charge in [0.1, 0.15) is 11.6 Å². The highest BCUT2D eigenvalue weighted by atomic mass is 16.5. The number of hydrogen-bond acceptors (Lipinski definition) is 5. The highest BCUT2D eigenvalue weighted by Crippen LogP contribution is 2.24. The number of nitrogens with one attached hydrogen (secondary N) is 1. The molecule has 0 spiro atoms. The first-order valence-corrected chi connectivity index (χ1v) is 9.51. The smallest absolute Gasteiger partial charge is 0.255 e. The summed E-state index contributed by atoms with van der Waals surface area (Å²) < 4.78 is 7.67. The second-order valence-electron chi connectivity index (χ2n) is 6.90. The van der Waals surface area contributed by atoms with Gasteiger partial charge in [0, 0.05) is 23.0 Å². The molecule has 1 N–H and O–H groups in total. The van der Waals surface area contributed by atoms with Gasteiger partial charge in [-0.15, -0.1) is 0 Å². The van der Waals surface area contributed by atoms with E-state index in [2.05, 4.69) is 20.4 Å². The third kappa shape index (κ3) is 4.35. The number of hydrogen-bond donors (Lipinski definition) is 1. The third-order valence-corrected chi connectivity index (χ3v) is 4.40. The summed E-state index contributed by atoms with van der Waals surface area (Å²) in [4.78, 5) is 21.1. The molecule has 0 aliphatic rings. The van der Waals surface area contributed by atoms with Gasteiger partial charge in [-0.25, -0.2) is 9.67 Å². The van der Waals surface area contributed by atoms with Gasteiger partial charge in [-0.2, -0.15) is 10.1 Å². The molecule has 0 saturated carbocycles. The fraction of sp³-hybridized carbons (Fsp3) is 0.130. The molecule has 2 aromatic heterocycles. The number of benzene rings is 2. The average Bonchev–Trinajstić information content (AvgIpc) is 3.08. The molecular formula is C23H21N5O2. The maximum atomic E-state index is 12.3. The van der Waals surface area contributed by atoms with Crippen LogP contribution < -0.4 is 10.1 Å². The highest BCUT2D eigenvalue weighted by Gasteiger charge is 2.10. The van der Waals surface area contributed by atoms with Gasteiger partial charge in [0.25, 0.3) is 5.91 Å². The molecule has 7 heteroatoms. The van der Waals surface area contributed by atoms with Crippen LogP contribution in [0.25, 0.3) is 5.82 Å². The number of rotatable bonds is 5. The minimum absolute atomic E-state index is 0.162. The zero-order valence-corrected chi connectivity index (χ0v) is 17.0. The first-order chi connectivity index (χ1) is 14.5. The number of aryl methyl sites for hydroxylation is 3. The molecule has 2 aromatic carbocycles. The molecule has 30 heavy (non-hydrogen) atoms. The Morgan fingerprint density at radius 1 is 0.933 bits per heavy atom. The lowest BCUT2D eigenvalue weighted by Gasteiger charge is -2.10. The molecule has 4 rings (SSSR count). The number of carbonyl (C=O) groups excluding carboxylic acids is 1. The van der Waals surface area contributed by atoms with Crippen LogP contribution in [0.3, 0.4) is 0 Å². The number of aromatic nitrogens is 4. The zero-order chi connectivity index (χ0) is 21.1. The van der Waals surface area contributed by atoms with Crippen LogP contribution in [0.1, 0.15) is 27.6 Å². The number of amides is 1. The second-order valence-corrected chi connectivity index (χ2v) is 6.90. The fourth-order valence-electron chi connectivity index (χ4n) is 3.07. The van der Waals surface area contributed by atoms with Crippen molar-refractivity contribution < 1.29 is 9.53 Å². The lowest BCUT2D eigenvalue weighted by Crippen LogP contribution is -2.11. The second kappa shape index (κ2) is 8.16. The number of anilines is 1. The topological polar surface area (TPSA) is 81.9 Å². The normalized spacial score (nSPS) is 10.6. The van der Waals surface area contributed by atoms with Gasteiger partial charge in [-0.05, 0) is 63.2 Å².